The molecule has 0 amide bonds. The van der Waals surface area contributed by atoms with Gasteiger partial charge in [0.2, 0.25) is 0 Å². The number of likely N-dealkylation sites (N-methyl/N-ethyl adjacent to an activating group) is 1. The van der Waals surface area contributed by atoms with Gasteiger partial charge in [-0.1, -0.05) is 30.3 Å². The van der Waals surface area contributed by atoms with Gasteiger partial charge in [0.1, 0.15) is 0 Å². The third-order valence-corrected chi connectivity index (χ3v) is 4.10. The van der Waals surface area contributed by atoms with Crippen LogP contribution in [0.3, 0.4) is 0 Å². The summed E-state index contributed by atoms with van der Waals surface area (Å²) in [6.45, 7) is 5.98. The summed E-state index contributed by atoms with van der Waals surface area (Å²) in [4.78, 5) is 2.60. The minimum Gasteiger partial charge on any atom is -0.316 e. The van der Waals surface area contributed by atoms with Gasteiger partial charge in [-0.3, -0.25) is 0 Å². The van der Waals surface area contributed by atoms with Gasteiger partial charge in [-0.15, -0.1) is 0 Å². The van der Waals surface area contributed by atoms with E-state index >= 15 is 0 Å². The van der Waals surface area contributed by atoms with E-state index in [9.17, 15) is 0 Å². The molecule has 0 aliphatic carbocycles. The molecule has 2 heteroatoms. The van der Waals surface area contributed by atoms with Crippen molar-refractivity contribution < 1.29 is 0 Å². The van der Waals surface area contributed by atoms with Crippen LogP contribution in [0.1, 0.15) is 25.3 Å². The molecule has 2 nitrogen and oxygen atoms in total. The maximum Gasteiger partial charge on any atom is 0.0163 e. The zero-order valence-corrected chi connectivity index (χ0v) is 11.7. The van der Waals surface area contributed by atoms with Crippen molar-refractivity contribution in [2.75, 3.05) is 26.7 Å². The molecule has 2 rings (SSSR count). The van der Waals surface area contributed by atoms with Crippen LogP contribution in [0.25, 0.3) is 0 Å². The summed E-state index contributed by atoms with van der Waals surface area (Å²) in [5.41, 5.74) is 1.50. The number of nitrogens with zero attached hydrogens (tertiary/aromatic N) is 1. The average Bonchev–Trinajstić information content (AvgIpc) is 2.42. The molecule has 0 saturated carbocycles. The summed E-state index contributed by atoms with van der Waals surface area (Å²) in [6, 6.07) is 11.5. The van der Waals surface area contributed by atoms with Crippen molar-refractivity contribution in [2.45, 2.75) is 32.2 Å². The number of hydrogen-bond acceptors (Lipinski definition) is 2. The van der Waals surface area contributed by atoms with E-state index in [4.69, 9.17) is 0 Å². The SMILES string of the molecule is CNC(C)CN1CCC(Cc2ccccc2)CC1. The zero-order valence-electron chi connectivity index (χ0n) is 11.7. The molecule has 0 radical (unpaired) electrons. The molecule has 1 aliphatic rings. The van der Waals surface area contributed by atoms with Gasteiger partial charge >= 0.3 is 0 Å². The molecule has 100 valence electrons. The maximum absolute atomic E-state index is 3.32. The lowest BCUT2D eigenvalue weighted by atomic mass is 9.90. The highest BCUT2D eigenvalue weighted by Gasteiger charge is 2.20. The summed E-state index contributed by atoms with van der Waals surface area (Å²) >= 11 is 0. The van der Waals surface area contributed by atoms with Gasteiger partial charge in [0.25, 0.3) is 0 Å². The van der Waals surface area contributed by atoms with Crippen molar-refractivity contribution in [3.8, 4) is 0 Å². The van der Waals surface area contributed by atoms with Gasteiger partial charge in [-0.2, -0.15) is 0 Å². The Morgan fingerprint density at radius 3 is 2.50 bits per heavy atom. The first-order chi connectivity index (χ1) is 8.78. The summed E-state index contributed by atoms with van der Waals surface area (Å²) in [7, 11) is 2.05. The largest absolute Gasteiger partial charge is 0.316 e. The molecule has 0 aromatic heterocycles. The summed E-state index contributed by atoms with van der Waals surface area (Å²) in [6.07, 6.45) is 3.97. The van der Waals surface area contributed by atoms with E-state index in [1.165, 1.54) is 44.5 Å². The van der Waals surface area contributed by atoms with Crippen molar-refractivity contribution in [1.82, 2.24) is 10.2 Å². The van der Waals surface area contributed by atoms with E-state index in [0.29, 0.717) is 6.04 Å². The Labute approximate surface area is 111 Å². The Kier molecular flexibility index (Phi) is 5.21. The van der Waals surface area contributed by atoms with Crippen LogP contribution in [0.2, 0.25) is 0 Å². The second-order valence-electron chi connectivity index (χ2n) is 5.62. The molecule has 1 aromatic carbocycles. The van der Waals surface area contributed by atoms with Crippen LogP contribution < -0.4 is 5.32 Å². The van der Waals surface area contributed by atoms with E-state index < -0.39 is 0 Å². The Hall–Kier alpha value is -0.860. The Morgan fingerprint density at radius 1 is 1.22 bits per heavy atom. The molecule has 1 aliphatic heterocycles. The highest BCUT2D eigenvalue weighted by Crippen LogP contribution is 2.21. The van der Waals surface area contributed by atoms with Gasteiger partial charge < -0.3 is 10.2 Å². The van der Waals surface area contributed by atoms with E-state index in [0.717, 1.165) is 5.92 Å². The number of piperidine rings is 1. The smallest absolute Gasteiger partial charge is 0.0163 e. The Bertz CT molecular complexity index is 328. The first-order valence-electron chi connectivity index (χ1n) is 7.21. The van der Waals surface area contributed by atoms with E-state index in [1.807, 2.05) is 7.05 Å². The number of benzene rings is 1. The number of nitrogens with one attached hydrogen (secondary N) is 1. The van der Waals surface area contributed by atoms with Gasteiger partial charge in [-0.25, -0.2) is 0 Å². The molecular weight excluding hydrogens is 220 g/mol. The first-order valence-corrected chi connectivity index (χ1v) is 7.21. The van der Waals surface area contributed by atoms with E-state index in [2.05, 4.69) is 47.5 Å². The van der Waals surface area contributed by atoms with Crippen molar-refractivity contribution in [2.24, 2.45) is 5.92 Å². The minimum absolute atomic E-state index is 0.607. The normalized spacial score (nSPS) is 19.9. The van der Waals surface area contributed by atoms with Crippen LogP contribution in [0, 0.1) is 5.92 Å². The Morgan fingerprint density at radius 2 is 1.89 bits per heavy atom. The monoisotopic (exact) mass is 246 g/mol. The van der Waals surface area contributed by atoms with Crippen LogP contribution in [0.15, 0.2) is 30.3 Å². The molecule has 1 atom stereocenters. The molecule has 0 spiro atoms. The standard InChI is InChI=1S/C16H26N2/c1-14(17-2)13-18-10-8-16(9-11-18)12-15-6-4-3-5-7-15/h3-7,14,16-17H,8-13H2,1-2H3. The summed E-state index contributed by atoms with van der Waals surface area (Å²) in [5, 5.41) is 3.32. The predicted molar refractivity (Wildman–Crippen MR) is 77.8 cm³/mol. The molecule has 1 fully saturated rings. The van der Waals surface area contributed by atoms with Crippen LogP contribution in [0.5, 0.6) is 0 Å². The lowest BCUT2D eigenvalue weighted by Gasteiger charge is -2.33. The fraction of sp³-hybridized carbons (Fsp3) is 0.625. The lowest BCUT2D eigenvalue weighted by molar-refractivity contribution is 0.172. The molecule has 1 heterocycles. The lowest BCUT2D eigenvalue weighted by Crippen LogP contribution is -2.42. The molecule has 1 aromatic rings. The summed E-state index contributed by atoms with van der Waals surface area (Å²) in [5.74, 6) is 0.883. The van der Waals surface area contributed by atoms with E-state index in [1.54, 1.807) is 0 Å². The van der Waals surface area contributed by atoms with Crippen molar-refractivity contribution in [1.29, 1.82) is 0 Å². The molecule has 1 N–H and O–H groups in total. The molecule has 1 unspecified atom stereocenters. The van der Waals surface area contributed by atoms with Gasteiger partial charge in [-0.05, 0) is 57.8 Å². The second kappa shape index (κ2) is 6.91. The first kappa shape index (κ1) is 13.6. The maximum atomic E-state index is 3.32. The van der Waals surface area contributed by atoms with Crippen molar-refractivity contribution in [3.05, 3.63) is 35.9 Å². The highest BCUT2D eigenvalue weighted by molar-refractivity contribution is 5.15. The van der Waals surface area contributed by atoms with Crippen LogP contribution >= 0.6 is 0 Å². The van der Waals surface area contributed by atoms with Crippen LogP contribution in [-0.4, -0.2) is 37.6 Å². The van der Waals surface area contributed by atoms with E-state index in [-0.39, 0.29) is 0 Å². The molecular formula is C16H26N2. The number of likely N-dealkylation sites (tertiary alicyclic amines) is 1. The Balaban J connectivity index is 1.73. The predicted octanol–water partition coefficient (Wildman–Crippen LogP) is 2.55. The average molecular weight is 246 g/mol. The third-order valence-electron chi connectivity index (χ3n) is 4.10. The second-order valence-corrected chi connectivity index (χ2v) is 5.62. The minimum atomic E-state index is 0.607. The van der Waals surface area contributed by atoms with Gasteiger partial charge in [0.15, 0.2) is 0 Å². The molecule has 18 heavy (non-hydrogen) atoms. The highest BCUT2D eigenvalue weighted by atomic mass is 15.1. The fourth-order valence-corrected chi connectivity index (χ4v) is 2.80. The van der Waals surface area contributed by atoms with Gasteiger partial charge in [0.05, 0.1) is 0 Å². The molecule has 1 saturated heterocycles. The topological polar surface area (TPSA) is 15.3 Å². The van der Waals surface area contributed by atoms with Crippen LogP contribution in [-0.2, 0) is 6.42 Å². The zero-order chi connectivity index (χ0) is 12.8. The number of rotatable bonds is 5. The molecule has 0 bridgehead atoms. The van der Waals surface area contributed by atoms with Crippen LogP contribution in [0.4, 0.5) is 0 Å². The van der Waals surface area contributed by atoms with Gasteiger partial charge in [0, 0.05) is 12.6 Å². The summed E-state index contributed by atoms with van der Waals surface area (Å²) < 4.78 is 0. The third kappa shape index (κ3) is 4.11. The van der Waals surface area contributed by atoms with Crippen molar-refractivity contribution in [3.63, 3.8) is 0 Å². The quantitative estimate of drug-likeness (QED) is 0.859. The van der Waals surface area contributed by atoms with Crippen molar-refractivity contribution >= 4 is 0 Å². The fourth-order valence-electron chi connectivity index (χ4n) is 2.80. The number of hydrogen-bond donors (Lipinski definition) is 1.